The standard InChI is InChI=1S/C35H34BrClN4O7/c1-4-46-29-15-22(32-31(34(43)45-3)20(2)39-35(44)40-32)12-13-28(29)47-19-30(42)41-38-17-24-14-25(37)16-27(36)33(24)48-18-23-10-7-9-21-8-5-6-11-26(21)23/h5-17,30,32,41-42H,4,18-19H2,1-3H3,(H2,39,40,44)/b38-17+/t30-,32-/m0/s1. The van der Waals surface area contributed by atoms with Crippen LogP contribution < -0.4 is 30.3 Å². The molecule has 1 heterocycles. The summed E-state index contributed by atoms with van der Waals surface area (Å²) in [5, 5.41) is 22.8. The lowest BCUT2D eigenvalue weighted by Crippen LogP contribution is -2.45. The number of urea groups is 1. The number of aliphatic hydroxyl groups excluding tert-OH is 1. The Balaban J connectivity index is 1.25. The first kappa shape index (κ1) is 34.6. The molecule has 0 radical (unpaired) electrons. The van der Waals surface area contributed by atoms with Gasteiger partial charge >= 0.3 is 12.0 Å². The van der Waals surface area contributed by atoms with Crippen LogP contribution in [0.1, 0.15) is 36.6 Å². The highest BCUT2D eigenvalue weighted by Crippen LogP contribution is 2.35. The molecule has 1 aliphatic heterocycles. The van der Waals surface area contributed by atoms with Crippen molar-refractivity contribution < 1.29 is 33.6 Å². The molecule has 0 aliphatic carbocycles. The first-order chi connectivity index (χ1) is 23.2. The molecule has 2 amide bonds. The highest BCUT2D eigenvalue weighted by molar-refractivity contribution is 9.10. The third kappa shape index (κ3) is 8.19. The average molecular weight is 738 g/mol. The zero-order valence-corrected chi connectivity index (χ0v) is 28.7. The number of hydrogen-bond donors (Lipinski definition) is 4. The molecule has 48 heavy (non-hydrogen) atoms. The lowest BCUT2D eigenvalue weighted by atomic mass is 9.95. The molecule has 0 fully saturated rings. The van der Waals surface area contributed by atoms with Crippen molar-refractivity contribution in [1.82, 2.24) is 16.1 Å². The van der Waals surface area contributed by atoms with Gasteiger partial charge in [0.1, 0.15) is 19.0 Å². The van der Waals surface area contributed by atoms with Crippen molar-refractivity contribution in [1.29, 1.82) is 0 Å². The van der Waals surface area contributed by atoms with Crippen molar-refractivity contribution in [2.75, 3.05) is 20.3 Å². The van der Waals surface area contributed by atoms with Gasteiger partial charge in [-0.15, -0.1) is 0 Å². The zero-order chi connectivity index (χ0) is 34.2. The Kier molecular flexibility index (Phi) is 11.4. The summed E-state index contributed by atoms with van der Waals surface area (Å²) in [5.41, 5.74) is 5.49. The third-order valence-electron chi connectivity index (χ3n) is 7.39. The van der Waals surface area contributed by atoms with E-state index in [0.29, 0.717) is 56.8 Å². The Bertz CT molecular complexity index is 1880. The molecule has 250 valence electrons. The lowest BCUT2D eigenvalue weighted by Gasteiger charge is -2.28. The average Bonchev–Trinajstić information content (AvgIpc) is 3.06. The molecular weight excluding hydrogens is 704 g/mol. The van der Waals surface area contributed by atoms with E-state index in [4.69, 9.17) is 30.5 Å². The second-order valence-corrected chi connectivity index (χ2v) is 11.9. The first-order valence-electron chi connectivity index (χ1n) is 15.0. The number of carbonyl (C=O) groups is 2. The summed E-state index contributed by atoms with van der Waals surface area (Å²) in [5.74, 6) is 0.660. The van der Waals surface area contributed by atoms with Gasteiger partial charge < -0.3 is 34.7 Å². The molecule has 1 aliphatic rings. The van der Waals surface area contributed by atoms with Crippen molar-refractivity contribution in [2.24, 2.45) is 5.10 Å². The maximum Gasteiger partial charge on any atom is 0.337 e. The summed E-state index contributed by atoms with van der Waals surface area (Å²) in [6.45, 7) is 3.89. The summed E-state index contributed by atoms with van der Waals surface area (Å²) in [6, 6.07) is 21.4. The van der Waals surface area contributed by atoms with Gasteiger partial charge in [-0.3, -0.25) is 5.43 Å². The van der Waals surface area contributed by atoms with Crippen LogP contribution in [0.25, 0.3) is 10.8 Å². The van der Waals surface area contributed by atoms with E-state index in [-0.39, 0.29) is 12.2 Å². The molecule has 0 saturated heterocycles. The number of hydrogen-bond acceptors (Lipinski definition) is 9. The van der Waals surface area contributed by atoms with Crippen LogP contribution in [0.15, 0.2) is 93.6 Å². The molecule has 5 rings (SSSR count). The molecule has 2 atom stereocenters. The van der Waals surface area contributed by atoms with Gasteiger partial charge in [-0.1, -0.05) is 60.1 Å². The predicted octanol–water partition coefficient (Wildman–Crippen LogP) is 6.36. The molecule has 11 nitrogen and oxygen atoms in total. The molecular formula is C35H34BrClN4O7. The normalized spacial score (nSPS) is 15.1. The SMILES string of the molecule is CCOc1cc([C@@H]2NC(=O)NC(C)=C2C(=O)OC)ccc1OC[C@H](O)N/N=C/c1cc(Cl)cc(Br)c1OCc1cccc2ccccc12. The number of aliphatic hydroxyl groups is 1. The molecule has 4 aromatic rings. The largest absolute Gasteiger partial charge is 0.490 e. The number of esters is 1. The van der Waals surface area contributed by atoms with Crippen molar-refractivity contribution >= 4 is 56.5 Å². The number of hydrazone groups is 1. The molecule has 0 aromatic heterocycles. The molecule has 0 unspecified atom stereocenters. The van der Waals surface area contributed by atoms with Gasteiger partial charge in [0.25, 0.3) is 0 Å². The van der Waals surface area contributed by atoms with Crippen molar-refractivity contribution in [2.45, 2.75) is 32.7 Å². The Morgan fingerprint density at radius 1 is 1.08 bits per heavy atom. The van der Waals surface area contributed by atoms with Gasteiger partial charge in [-0.25, -0.2) is 9.59 Å². The van der Waals surface area contributed by atoms with Crippen LogP contribution in [0.5, 0.6) is 17.2 Å². The summed E-state index contributed by atoms with van der Waals surface area (Å²) in [6.07, 6.45) is 0.304. The Morgan fingerprint density at radius 2 is 1.88 bits per heavy atom. The van der Waals surface area contributed by atoms with E-state index in [2.05, 4.69) is 55.3 Å². The first-order valence-corrected chi connectivity index (χ1v) is 16.2. The fourth-order valence-corrected chi connectivity index (χ4v) is 6.16. The minimum absolute atomic E-state index is 0.184. The van der Waals surface area contributed by atoms with Crippen molar-refractivity contribution in [3.63, 3.8) is 0 Å². The van der Waals surface area contributed by atoms with E-state index in [1.54, 1.807) is 37.3 Å². The maximum absolute atomic E-state index is 12.5. The van der Waals surface area contributed by atoms with Crippen LogP contribution in [-0.2, 0) is 16.1 Å². The van der Waals surface area contributed by atoms with Crippen LogP contribution >= 0.6 is 27.5 Å². The van der Waals surface area contributed by atoms with Gasteiger partial charge in [0.2, 0.25) is 0 Å². The maximum atomic E-state index is 12.5. The highest BCUT2D eigenvalue weighted by atomic mass is 79.9. The van der Waals surface area contributed by atoms with Crippen LogP contribution in [0.2, 0.25) is 5.02 Å². The van der Waals surface area contributed by atoms with Crippen molar-refractivity contribution in [3.05, 3.63) is 110 Å². The number of carbonyl (C=O) groups excluding carboxylic acids is 2. The number of methoxy groups -OCH3 is 1. The summed E-state index contributed by atoms with van der Waals surface area (Å²) < 4.78 is 23.4. The summed E-state index contributed by atoms with van der Waals surface area (Å²) >= 11 is 9.87. The minimum atomic E-state index is -1.20. The van der Waals surface area contributed by atoms with Crippen LogP contribution in [0.3, 0.4) is 0 Å². The molecule has 13 heteroatoms. The highest BCUT2D eigenvalue weighted by Gasteiger charge is 2.32. The monoisotopic (exact) mass is 736 g/mol. The van der Waals surface area contributed by atoms with E-state index in [0.717, 1.165) is 16.3 Å². The topological polar surface area (TPSA) is 140 Å². The Labute approximate surface area is 291 Å². The second-order valence-electron chi connectivity index (χ2n) is 10.6. The van der Waals surface area contributed by atoms with Crippen LogP contribution in [-0.4, -0.2) is 49.9 Å². The number of fused-ring (bicyclic) bond motifs is 1. The summed E-state index contributed by atoms with van der Waals surface area (Å²) in [7, 11) is 1.27. The molecule has 0 bridgehead atoms. The second kappa shape index (κ2) is 15.9. The molecule has 0 saturated carbocycles. The third-order valence-corrected chi connectivity index (χ3v) is 8.20. The number of amides is 2. The number of nitrogens with one attached hydrogen (secondary N) is 3. The zero-order valence-electron chi connectivity index (χ0n) is 26.4. The number of ether oxygens (including phenoxy) is 4. The van der Waals surface area contributed by atoms with Gasteiger partial charge in [0, 0.05) is 16.3 Å². The minimum Gasteiger partial charge on any atom is -0.490 e. The molecule has 4 N–H and O–H groups in total. The fourth-order valence-electron chi connectivity index (χ4n) is 5.21. The van der Waals surface area contributed by atoms with Gasteiger partial charge in [0.15, 0.2) is 17.7 Å². The molecule has 0 spiro atoms. The van der Waals surface area contributed by atoms with Crippen LogP contribution in [0, 0.1) is 0 Å². The van der Waals surface area contributed by atoms with E-state index >= 15 is 0 Å². The quantitative estimate of drug-likeness (QED) is 0.0539. The van der Waals surface area contributed by atoms with E-state index in [1.807, 2.05) is 31.2 Å². The van der Waals surface area contributed by atoms with Crippen LogP contribution in [0.4, 0.5) is 4.79 Å². The lowest BCUT2D eigenvalue weighted by molar-refractivity contribution is -0.136. The number of benzene rings is 4. The Hall–Kier alpha value is -4.78. The molecule has 4 aromatic carbocycles. The van der Waals surface area contributed by atoms with Crippen molar-refractivity contribution in [3.8, 4) is 17.2 Å². The summed E-state index contributed by atoms with van der Waals surface area (Å²) in [4.78, 5) is 24.7. The fraction of sp³-hybridized carbons (Fsp3) is 0.229. The number of nitrogens with zero attached hydrogens (tertiary/aromatic N) is 1. The van der Waals surface area contributed by atoms with E-state index < -0.39 is 24.3 Å². The number of halogens is 2. The van der Waals surface area contributed by atoms with Gasteiger partial charge in [-0.2, -0.15) is 5.10 Å². The Morgan fingerprint density at radius 3 is 2.67 bits per heavy atom. The van der Waals surface area contributed by atoms with Gasteiger partial charge in [0.05, 0.1) is 36.0 Å². The number of rotatable bonds is 13. The predicted molar refractivity (Wildman–Crippen MR) is 186 cm³/mol. The van der Waals surface area contributed by atoms with E-state index in [1.165, 1.54) is 13.3 Å². The number of allylic oxidation sites excluding steroid dienone is 1. The smallest absolute Gasteiger partial charge is 0.337 e. The van der Waals surface area contributed by atoms with Gasteiger partial charge in [-0.05, 0) is 75.9 Å². The van der Waals surface area contributed by atoms with E-state index in [9.17, 15) is 14.7 Å².